The first kappa shape index (κ1) is 45.4. The lowest BCUT2D eigenvalue weighted by atomic mass is 9.77. The van der Waals surface area contributed by atoms with Crippen LogP contribution in [0.4, 0.5) is 0 Å². The smallest absolute Gasteiger partial charge is 0.311 e. The Bertz CT molecular complexity index is 1090. The van der Waals surface area contributed by atoms with Gasteiger partial charge in [0.25, 0.3) is 0 Å². The van der Waals surface area contributed by atoms with Crippen molar-refractivity contribution in [3.8, 4) is 0 Å². The van der Waals surface area contributed by atoms with E-state index >= 15 is 0 Å². The Morgan fingerprint density at radius 1 is 1.10 bits per heavy atom. The van der Waals surface area contributed by atoms with E-state index in [9.17, 15) is 25.2 Å². The van der Waals surface area contributed by atoms with E-state index in [0.29, 0.717) is 32.6 Å². The second kappa shape index (κ2) is 19.2. The number of ether oxygens (including phenoxy) is 7. The van der Waals surface area contributed by atoms with Gasteiger partial charge in [0.1, 0.15) is 30.0 Å². The first-order valence-electron chi connectivity index (χ1n) is 19.3. The van der Waals surface area contributed by atoms with Crippen molar-refractivity contribution in [2.75, 3.05) is 48.0 Å². The molecule has 7 unspecified atom stereocenters. The molecule has 3 saturated heterocycles. The summed E-state index contributed by atoms with van der Waals surface area (Å²) in [5.41, 5.74) is -3.31. The third kappa shape index (κ3) is 11.5. The van der Waals surface area contributed by atoms with E-state index < -0.39 is 78.1 Å². The molecule has 0 saturated carbocycles. The van der Waals surface area contributed by atoms with Crippen molar-refractivity contribution in [2.45, 2.75) is 173 Å². The summed E-state index contributed by atoms with van der Waals surface area (Å²) in [7, 11) is 7.23. The number of nitrogens with zero attached hydrogens (tertiary/aromatic N) is 2. The highest BCUT2D eigenvalue weighted by Gasteiger charge is 2.51. The minimum Gasteiger partial charge on any atom is -0.459 e. The van der Waals surface area contributed by atoms with Gasteiger partial charge in [0.15, 0.2) is 12.6 Å². The third-order valence-corrected chi connectivity index (χ3v) is 11.5. The standard InChI is InChI=1S/C38H72N2O12/c1-14-29-38(9,45)33(42)25(6)40(12)19-21(2)18-37(8,44)34(52-36-31(41)27(39(10)11)17-22(3)48-36)23(4)32(24(5)35(43)50-29)51-30(15-16-46-13)49-26(7)28-20-47-28/h21-34,36,41-42,44-45H,14-20H2,1-13H3/t21-,22?,23+,24-,25-,26?,27?,28?,29-,30?,31?,32+,33-,34-,36?,37+,38-/m1/s1. The molecule has 3 rings (SSSR count). The van der Waals surface area contributed by atoms with Crippen molar-refractivity contribution in [1.29, 1.82) is 0 Å². The number of hydrogen-bond donors (Lipinski definition) is 4. The van der Waals surface area contributed by atoms with Gasteiger partial charge in [-0.15, -0.1) is 0 Å². The Morgan fingerprint density at radius 3 is 2.29 bits per heavy atom. The number of methoxy groups -OCH3 is 1. The van der Waals surface area contributed by atoms with Gasteiger partial charge in [0.2, 0.25) is 0 Å². The van der Waals surface area contributed by atoms with Crippen molar-refractivity contribution in [2.24, 2.45) is 17.8 Å². The Balaban J connectivity index is 2.15. The summed E-state index contributed by atoms with van der Waals surface area (Å²) >= 11 is 0. The highest BCUT2D eigenvalue weighted by atomic mass is 16.7. The largest absolute Gasteiger partial charge is 0.459 e. The van der Waals surface area contributed by atoms with Crippen LogP contribution >= 0.6 is 0 Å². The van der Waals surface area contributed by atoms with Crippen LogP contribution in [0, 0.1) is 17.8 Å². The molecule has 3 aliphatic rings. The Labute approximate surface area is 312 Å². The zero-order valence-electron chi connectivity index (χ0n) is 34.1. The van der Waals surface area contributed by atoms with Crippen LogP contribution in [0.3, 0.4) is 0 Å². The molecule has 3 aliphatic heterocycles. The second-order valence-electron chi connectivity index (χ2n) is 16.7. The van der Waals surface area contributed by atoms with E-state index in [4.69, 9.17) is 33.2 Å². The van der Waals surface area contributed by atoms with Gasteiger partial charge >= 0.3 is 5.97 Å². The predicted octanol–water partition coefficient (Wildman–Crippen LogP) is 2.17. The van der Waals surface area contributed by atoms with E-state index in [-0.39, 0.29) is 43.1 Å². The average molecular weight is 749 g/mol. The summed E-state index contributed by atoms with van der Waals surface area (Å²) in [5.74, 6) is -2.45. The number of likely N-dealkylation sites (N-methyl/N-ethyl adjacent to an activating group) is 2. The average Bonchev–Trinajstić information content (AvgIpc) is 3.92. The van der Waals surface area contributed by atoms with Gasteiger partial charge in [0, 0.05) is 38.1 Å². The van der Waals surface area contributed by atoms with Gasteiger partial charge in [-0.05, 0) is 87.9 Å². The topological polar surface area (TPSA) is 172 Å². The minimum absolute atomic E-state index is 0.0734. The quantitative estimate of drug-likeness (QED) is 0.130. The van der Waals surface area contributed by atoms with Crippen molar-refractivity contribution in [3.05, 3.63) is 0 Å². The summed E-state index contributed by atoms with van der Waals surface area (Å²) in [6.45, 7) is 17.5. The lowest BCUT2D eigenvalue weighted by Gasteiger charge is -2.47. The summed E-state index contributed by atoms with van der Waals surface area (Å²) < 4.78 is 43.0. The van der Waals surface area contributed by atoms with Crippen molar-refractivity contribution in [1.82, 2.24) is 9.80 Å². The molecular weight excluding hydrogens is 676 g/mol. The molecule has 14 heteroatoms. The number of aliphatic hydroxyl groups is 4. The maximum absolute atomic E-state index is 14.2. The van der Waals surface area contributed by atoms with Gasteiger partial charge in [0.05, 0.1) is 49.1 Å². The number of aliphatic hydroxyl groups excluding tert-OH is 2. The first-order chi connectivity index (χ1) is 24.2. The fourth-order valence-electron chi connectivity index (χ4n) is 8.18. The van der Waals surface area contributed by atoms with Crippen LogP contribution < -0.4 is 0 Å². The molecule has 0 aromatic rings. The van der Waals surface area contributed by atoms with Gasteiger partial charge in [-0.3, -0.25) is 4.79 Å². The highest BCUT2D eigenvalue weighted by Crippen LogP contribution is 2.38. The molecule has 3 fully saturated rings. The zero-order valence-corrected chi connectivity index (χ0v) is 34.1. The third-order valence-electron chi connectivity index (χ3n) is 11.5. The zero-order chi connectivity index (χ0) is 39.3. The molecule has 52 heavy (non-hydrogen) atoms. The Kier molecular flexibility index (Phi) is 16.8. The molecule has 14 nitrogen and oxygen atoms in total. The Hall–Kier alpha value is -1.01. The van der Waals surface area contributed by atoms with E-state index in [1.807, 2.05) is 65.6 Å². The van der Waals surface area contributed by atoms with Crippen LogP contribution in [0.1, 0.15) is 88.0 Å². The molecule has 0 bridgehead atoms. The molecule has 0 aromatic heterocycles. The normalized spacial score (nSPS) is 44.4. The lowest BCUT2D eigenvalue weighted by Crippen LogP contribution is -2.59. The van der Waals surface area contributed by atoms with Crippen molar-refractivity contribution >= 4 is 5.97 Å². The predicted molar refractivity (Wildman–Crippen MR) is 194 cm³/mol. The van der Waals surface area contributed by atoms with E-state index in [1.165, 1.54) is 6.92 Å². The summed E-state index contributed by atoms with van der Waals surface area (Å²) in [6.07, 6.45) is -6.39. The maximum atomic E-state index is 14.2. The van der Waals surface area contributed by atoms with Crippen LogP contribution in [0.15, 0.2) is 0 Å². The number of esters is 1. The fourth-order valence-corrected chi connectivity index (χ4v) is 8.18. The van der Waals surface area contributed by atoms with Gasteiger partial charge < -0.3 is 63.4 Å². The summed E-state index contributed by atoms with van der Waals surface area (Å²) in [4.78, 5) is 18.1. The summed E-state index contributed by atoms with van der Waals surface area (Å²) in [6, 6.07) is -0.777. The monoisotopic (exact) mass is 749 g/mol. The van der Waals surface area contributed by atoms with Crippen LogP contribution in [-0.4, -0.2) is 169 Å². The molecule has 4 N–H and O–H groups in total. The van der Waals surface area contributed by atoms with Gasteiger partial charge in [-0.25, -0.2) is 0 Å². The molecule has 0 spiro atoms. The highest BCUT2D eigenvalue weighted by molar-refractivity contribution is 5.73. The van der Waals surface area contributed by atoms with Crippen molar-refractivity contribution in [3.63, 3.8) is 0 Å². The number of epoxide rings is 1. The summed E-state index contributed by atoms with van der Waals surface area (Å²) in [5, 5.41) is 47.3. The molecule has 306 valence electrons. The SMILES string of the molecule is CC[C@H]1OC(=O)[C@H](C)[C@@H](OC(CCOC)OC(C)C2CO2)[C@H](C)[C@@H](OC2OC(C)CC(N(C)C)C2O)[C@@](C)(O)C[C@@H](C)CN(C)[C@H](C)[C@@H](O)[C@]1(C)O. The lowest BCUT2D eigenvalue weighted by molar-refractivity contribution is -0.305. The number of carbonyl (C=O) groups excluding carboxylic acids is 1. The van der Waals surface area contributed by atoms with E-state index in [0.717, 1.165) is 0 Å². The second-order valence-corrected chi connectivity index (χ2v) is 16.7. The van der Waals surface area contributed by atoms with Gasteiger partial charge in [-0.1, -0.05) is 20.8 Å². The molecular formula is C38H72N2O12. The molecule has 17 atom stereocenters. The fraction of sp³-hybridized carbons (Fsp3) is 0.974. The Morgan fingerprint density at radius 2 is 1.73 bits per heavy atom. The number of hydrogen-bond acceptors (Lipinski definition) is 14. The van der Waals surface area contributed by atoms with Crippen molar-refractivity contribution < 1.29 is 58.4 Å². The molecule has 0 radical (unpaired) electrons. The van der Waals surface area contributed by atoms with Gasteiger partial charge in [-0.2, -0.15) is 0 Å². The number of cyclic esters (lactones) is 1. The van der Waals surface area contributed by atoms with Crippen LogP contribution in [0.5, 0.6) is 0 Å². The molecule has 3 heterocycles. The maximum Gasteiger partial charge on any atom is 0.311 e. The number of rotatable bonds is 12. The molecule has 0 amide bonds. The molecule has 0 aliphatic carbocycles. The number of carbonyl (C=O) groups is 1. The minimum atomic E-state index is -1.78. The first-order valence-corrected chi connectivity index (χ1v) is 19.3. The van der Waals surface area contributed by atoms with E-state index in [2.05, 4.69) is 0 Å². The van der Waals surface area contributed by atoms with Crippen LogP contribution in [-0.2, 0) is 38.0 Å². The molecule has 0 aromatic carbocycles. The van der Waals surface area contributed by atoms with E-state index in [1.54, 1.807) is 27.9 Å². The van der Waals surface area contributed by atoms with Crippen LogP contribution in [0.25, 0.3) is 0 Å². The van der Waals surface area contributed by atoms with Crippen LogP contribution in [0.2, 0.25) is 0 Å².